The van der Waals surface area contributed by atoms with E-state index in [-0.39, 0.29) is 18.6 Å². The fraction of sp³-hybridized carbons (Fsp3) is 0.367. The molecule has 5 atom stereocenters. The number of phenolic OH excluding ortho intramolecular Hbond substituents is 1. The Kier molecular flexibility index (Phi) is 11.2. The summed E-state index contributed by atoms with van der Waals surface area (Å²) >= 11 is 0. The molecule has 9 N–H and O–H groups in total. The molecule has 3 amide bonds. The highest BCUT2D eigenvalue weighted by Gasteiger charge is 2.34. The molecule has 0 saturated heterocycles. The number of nitrogens with one attached hydrogen (secondary N) is 4. The van der Waals surface area contributed by atoms with E-state index in [0.29, 0.717) is 17.5 Å². The molecule has 0 aliphatic heterocycles. The third-order valence-electron chi connectivity index (χ3n) is 7.25. The molecule has 230 valence electrons. The number of nitrogens with two attached hydrogens (primary N) is 1. The number of carboxylic acids is 2. The predicted molar refractivity (Wildman–Crippen MR) is 157 cm³/mol. The summed E-state index contributed by atoms with van der Waals surface area (Å²) in [5.41, 5.74) is 8.11. The number of hydrogen-bond acceptors (Lipinski definition) is 7. The molecule has 1 aromatic heterocycles. The first kappa shape index (κ1) is 32.6. The van der Waals surface area contributed by atoms with Gasteiger partial charge >= 0.3 is 11.9 Å². The van der Waals surface area contributed by atoms with E-state index in [1.165, 1.54) is 12.1 Å². The molecular weight excluding hydrogens is 558 g/mol. The van der Waals surface area contributed by atoms with Gasteiger partial charge in [0.15, 0.2) is 0 Å². The van der Waals surface area contributed by atoms with Crippen LogP contribution in [0.2, 0.25) is 0 Å². The monoisotopic (exact) mass is 595 g/mol. The zero-order chi connectivity index (χ0) is 31.7. The molecule has 0 spiro atoms. The Morgan fingerprint density at radius 3 is 2.14 bits per heavy atom. The number of carbonyl (C=O) groups excluding carboxylic acids is 3. The van der Waals surface area contributed by atoms with Crippen molar-refractivity contribution < 1.29 is 39.3 Å². The maximum Gasteiger partial charge on any atom is 0.326 e. The van der Waals surface area contributed by atoms with Gasteiger partial charge in [-0.1, -0.05) is 50.6 Å². The van der Waals surface area contributed by atoms with Gasteiger partial charge < -0.3 is 42.0 Å². The molecule has 3 rings (SSSR count). The minimum atomic E-state index is -1.56. The Morgan fingerprint density at radius 1 is 0.860 bits per heavy atom. The summed E-state index contributed by atoms with van der Waals surface area (Å²) in [7, 11) is 0. The van der Waals surface area contributed by atoms with E-state index in [2.05, 4.69) is 20.9 Å². The Hall–Kier alpha value is -4.91. The number of amides is 3. The van der Waals surface area contributed by atoms with Gasteiger partial charge in [0.05, 0.1) is 12.5 Å². The second kappa shape index (κ2) is 14.8. The lowest BCUT2D eigenvalue weighted by atomic mass is 9.96. The molecule has 2 aromatic carbocycles. The van der Waals surface area contributed by atoms with Crippen molar-refractivity contribution in [3.8, 4) is 5.75 Å². The van der Waals surface area contributed by atoms with Crippen LogP contribution in [0.25, 0.3) is 10.9 Å². The van der Waals surface area contributed by atoms with Gasteiger partial charge in [0.2, 0.25) is 17.7 Å². The number of aliphatic carboxylic acids is 2. The van der Waals surface area contributed by atoms with Crippen LogP contribution in [-0.4, -0.2) is 74.1 Å². The fourth-order valence-corrected chi connectivity index (χ4v) is 4.58. The van der Waals surface area contributed by atoms with E-state index in [0.717, 1.165) is 10.9 Å². The van der Waals surface area contributed by atoms with Crippen LogP contribution in [-0.2, 0) is 36.8 Å². The third-order valence-corrected chi connectivity index (χ3v) is 7.25. The molecule has 13 heteroatoms. The van der Waals surface area contributed by atoms with Crippen molar-refractivity contribution in [2.24, 2.45) is 11.7 Å². The Labute approximate surface area is 247 Å². The first-order valence-electron chi connectivity index (χ1n) is 13.8. The lowest BCUT2D eigenvalue weighted by molar-refractivity contribution is -0.143. The van der Waals surface area contributed by atoms with E-state index >= 15 is 0 Å². The van der Waals surface area contributed by atoms with Gasteiger partial charge in [-0.2, -0.15) is 0 Å². The van der Waals surface area contributed by atoms with Gasteiger partial charge in [-0.05, 0) is 41.7 Å². The van der Waals surface area contributed by atoms with Crippen LogP contribution in [0.5, 0.6) is 5.75 Å². The molecular formula is C30H37N5O8. The Bertz CT molecular complexity index is 1450. The molecule has 13 nitrogen and oxygen atoms in total. The van der Waals surface area contributed by atoms with Crippen LogP contribution < -0.4 is 21.7 Å². The highest BCUT2D eigenvalue weighted by Crippen LogP contribution is 2.20. The topological polar surface area (TPSA) is 224 Å². The summed E-state index contributed by atoms with van der Waals surface area (Å²) < 4.78 is 0. The van der Waals surface area contributed by atoms with Crippen molar-refractivity contribution in [3.63, 3.8) is 0 Å². The number of carbonyl (C=O) groups is 5. The standard InChI is InChI=1S/C30H37N5O8/c1-3-16(2)26(29(41)34-24(30(42)43)13-18-15-32-22-7-5-4-6-20(18)22)35-28(40)23(14-25(37)38)33-27(39)21(31)12-17-8-10-19(36)11-9-17/h4-11,15-16,21,23-24,26,32,36H,3,12-14,31H2,1-2H3,(H,33,39)(H,34,41)(H,35,40)(H,37,38)(H,42,43). The lowest BCUT2D eigenvalue weighted by Crippen LogP contribution is -2.59. The summed E-state index contributed by atoms with van der Waals surface area (Å²) in [5, 5.41) is 36.9. The summed E-state index contributed by atoms with van der Waals surface area (Å²) in [6.07, 6.45) is 1.34. The fourth-order valence-electron chi connectivity index (χ4n) is 4.58. The normalized spacial score (nSPS) is 14.6. The number of carboxylic acid groups (broad SMARTS) is 2. The minimum absolute atomic E-state index is 0.0249. The zero-order valence-corrected chi connectivity index (χ0v) is 23.9. The molecule has 5 unspecified atom stereocenters. The first-order chi connectivity index (χ1) is 20.4. The zero-order valence-electron chi connectivity index (χ0n) is 23.9. The van der Waals surface area contributed by atoms with Crippen LogP contribution >= 0.6 is 0 Å². The average Bonchev–Trinajstić information content (AvgIpc) is 3.38. The summed E-state index contributed by atoms with van der Waals surface area (Å²) in [4.78, 5) is 66.1. The van der Waals surface area contributed by atoms with E-state index < -0.39 is 66.2 Å². The van der Waals surface area contributed by atoms with Crippen LogP contribution in [0.15, 0.2) is 54.7 Å². The molecule has 0 saturated carbocycles. The summed E-state index contributed by atoms with van der Waals surface area (Å²) in [5.74, 6) is -5.57. The quantitative estimate of drug-likeness (QED) is 0.125. The van der Waals surface area contributed by atoms with E-state index in [1.807, 2.05) is 24.3 Å². The second-order valence-corrected chi connectivity index (χ2v) is 10.5. The number of aromatic hydroxyl groups is 1. The van der Waals surface area contributed by atoms with E-state index in [9.17, 15) is 39.3 Å². The number of para-hydroxylation sites is 1. The smallest absolute Gasteiger partial charge is 0.326 e. The van der Waals surface area contributed by atoms with Gasteiger partial charge in [0.1, 0.15) is 23.9 Å². The first-order valence-corrected chi connectivity index (χ1v) is 13.8. The molecule has 0 aliphatic rings. The molecule has 3 aromatic rings. The van der Waals surface area contributed by atoms with Gasteiger partial charge in [0, 0.05) is 23.5 Å². The van der Waals surface area contributed by atoms with E-state index in [1.54, 1.807) is 32.2 Å². The van der Waals surface area contributed by atoms with Crippen molar-refractivity contribution in [1.82, 2.24) is 20.9 Å². The number of phenols is 1. The minimum Gasteiger partial charge on any atom is -0.508 e. The molecule has 0 bridgehead atoms. The number of benzene rings is 2. The Morgan fingerprint density at radius 2 is 1.51 bits per heavy atom. The van der Waals surface area contributed by atoms with Gasteiger partial charge in [0.25, 0.3) is 0 Å². The SMILES string of the molecule is CCC(C)C(NC(=O)C(CC(=O)O)NC(=O)C(N)Cc1ccc(O)cc1)C(=O)NC(Cc1c[nH]c2ccccc12)C(=O)O. The van der Waals surface area contributed by atoms with Crippen molar-refractivity contribution in [3.05, 3.63) is 65.9 Å². The van der Waals surface area contributed by atoms with Crippen LogP contribution in [0.4, 0.5) is 0 Å². The summed E-state index contributed by atoms with van der Waals surface area (Å²) in [6.45, 7) is 3.45. The number of fused-ring (bicyclic) bond motifs is 1. The van der Waals surface area contributed by atoms with Gasteiger partial charge in [-0.25, -0.2) is 4.79 Å². The van der Waals surface area contributed by atoms with E-state index in [4.69, 9.17) is 5.73 Å². The maximum absolute atomic E-state index is 13.3. The number of aromatic amines is 1. The predicted octanol–water partition coefficient (Wildman–Crippen LogP) is 1.05. The highest BCUT2D eigenvalue weighted by atomic mass is 16.4. The van der Waals surface area contributed by atoms with Crippen molar-refractivity contribution in [1.29, 1.82) is 0 Å². The largest absolute Gasteiger partial charge is 0.508 e. The third kappa shape index (κ3) is 9.04. The van der Waals surface area contributed by atoms with Crippen LogP contribution in [0.1, 0.15) is 37.8 Å². The van der Waals surface area contributed by atoms with Gasteiger partial charge in [-0.3, -0.25) is 19.2 Å². The number of aromatic nitrogens is 1. The van der Waals surface area contributed by atoms with Gasteiger partial charge in [-0.15, -0.1) is 0 Å². The second-order valence-electron chi connectivity index (χ2n) is 10.5. The molecule has 1 heterocycles. The Balaban J connectivity index is 1.72. The number of hydrogen-bond donors (Lipinski definition) is 8. The maximum atomic E-state index is 13.3. The molecule has 0 radical (unpaired) electrons. The average molecular weight is 596 g/mol. The molecule has 0 fully saturated rings. The summed E-state index contributed by atoms with van der Waals surface area (Å²) in [6, 6.07) is 8.09. The highest BCUT2D eigenvalue weighted by molar-refractivity contribution is 5.96. The van der Waals surface area contributed by atoms with Crippen LogP contribution in [0.3, 0.4) is 0 Å². The van der Waals surface area contributed by atoms with Crippen LogP contribution in [0, 0.1) is 5.92 Å². The number of rotatable bonds is 15. The molecule has 0 aliphatic carbocycles. The number of H-pyrrole nitrogens is 1. The molecule has 43 heavy (non-hydrogen) atoms. The van der Waals surface area contributed by atoms with Crippen molar-refractivity contribution in [2.45, 2.75) is 63.7 Å². The van der Waals surface area contributed by atoms with Crippen molar-refractivity contribution in [2.75, 3.05) is 0 Å². The van der Waals surface area contributed by atoms with Crippen molar-refractivity contribution >= 4 is 40.6 Å². The lowest BCUT2D eigenvalue weighted by Gasteiger charge is -2.27.